The zero-order valence-corrected chi connectivity index (χ0v) is 30.2. The van der Waals surface area contributed by atoms with Crippen LogP contribution in [0.2, 0.25) is 19.6 Å². The standard InChI is InChI=1S/C21H20N.C18H24NSi.Ir/c1-16-9-11-17(12-10-16)20-15-19(13-14-22-20)21(2,3)18-7-5-4-6-8-18;1-14(2)11-16-12-17(15-9-7-6-8-10-15)19-13-18(16)20(3,4)5;/h4-11,13-15H,1-3H3;6-9,12-14H,11H2,1-5H3;/q2*-1;. The molecule has 5 aromatic rings. The number of aryl methyl sites for hydroxylation is 1. The van der Waals surface area contributed by atoms with Crippen LogP contribution < -0.4 is 5.19 Å². The Morgan fingerprint density at radius 3 is 2.05 bits per heavy atom. The van der Waals surface area contributed by atoms with Crippen molar-refractivity contribution in [3.63, 3.8) is 0 Å². The van der Waals surface area contributed by atoms with Crippen molar-refractivity contribution >= 4 is 13.3 Å². The van der Waals surface area contributed by atoms with Gasteiger partial charge in [0.1, 0.15) is 0 Å². The van der Waals surface area contributed by atoms with Crippen LogP contribution in [0.15, 0.2) is 103 Å². The number of rotatable bonds is 7. The molecule has 2 heterocycles. The molecule has 0 spiro atoms. The fourth-order valence-electron chi connectivity index (χ4n) is 5.13. The Bertz CT molecular complexity index is 1570. The van der Waals surface area contributed by atoms with Gasteiger partial charge in [0.15, 0.2) is 0 Å². The molecule has 0 aliphatic rings. The van der Waals surface area contributed by atoms with Crippen LogP contribution >= 0.6 is 0 Å². The van der Waals surface area contributed by atoms with Crippen LogP contribution in [0.25, 0.3) is 22.5 Å². The first-order chi connectivity index (χ1) is 19.9. The molecule has 0 aliphatic heterocycles. The molecular weight excluding hydrogens is 717 g/mol. The Kier molecular flexibility index (Phi) is 12.0. The number of aromatic nitrogens is 2. The Morgan fingerprint density at radius 1 is 0.767 bits per heavy atom. The van der Waals surface area contributed by atoms with Crippen LogP contribution in [0.5, 0.6) is 0 Å². The molecule has 3 aromatic carbocycles. The number of hydrogen-bond acceptors (Lipinski definition) is 2. The maximum Gasteiger partial charge on any atom is 0.0798 e. The molecule has 1 radical (unpaired) electrons. The van der Waals surface area contributed by atoms with E-state index in [0.29, 0.717) is 5.92 Å². The van der Waals surface area contributed by atoms with Crippen molar-refractivity contribution in [3.05, 3.63) is 138 Å². The van der Waals surface area contributed by atoms with Crippen LogP contribution in [-0.2, 0) is 31.9 Å². The van der Waals surface area contributed by atoms with E-state index >= 15 is 0 Å². The van der Waals surface area contributed by atoms with E-state index in [1.807, 2.05) is 30.5 Å². The molecule has 0 N–H and O–H groups in total. The minimum absolute atomic E-state index is 0. The summed E-state index contributed by atoms with van der Waals surface area (Å²) in [6.07, 6.45) is 5.13. The summed E-state index contributed by atoms with van der Waals surface area (Å²) in [7, 11) is -1.34. The fraction of sp³-hybridized carbons (Fsp3) is 0.282. The normalized spacial score (nSPS) is 11.4. The smallest absolute Gasteiger partial charge is 0.0798 e. The van der Waals surface area contributed by atoms with Crippen LogP contribution in [0, 0.1) is 25.0 Å². The molecule has 0 atom stereocenters. The Balaban J connectivity index is 0.000000231. The van der Waals surface area contributed by atoms with E-state index in [1.54, 1.807) is 0 Å². The van der Waals surface area contributed by atoms with Crippen molar-refractivity contribution in [2.75, 3.05) is 0 Å². The van der Waals surface area contributed by atoms with Crippen molar-refractivity contribution in [2.45, 2.75) is 66.1 Å². The molecule has 2 aromatic heterocycles. The molecule has 2 nitrogen and oxygen atoms in total. The van der Waals surface area contributed by atoms with Crippen LogP contribution in [0.4, 0.5) is 0 Å². The SMILES string of the molecule is CC(C)Cc1cc(-c2[c-]cccc2)ncc1[Si](C)(C)C.Cc1c[c-]c(-c2cc(C(C)(C)c3ccccc3)ccn2)cc1.[Ir]. The van der Waals surface area contributed by atoms with Gasteiger partial charge in [-0.2, -0.15) is 0 Å². The van der Waals surface area contributed by atoms with Crippen LogP contribution in [0.1, 0.15) is 49.9 Å². The average Bonchev–Trinajstić information content (AvgIpc) is 2.98. The zero-order valence-electron chi connectivity index (χ0n) is 26.8. The predicted octanol–water partition coefficient (Wildman–Crippen LogP) is 9.47. The molecule has 0 amide bonds. The van der Waals surface area contributed by atoms with E-state index < -0.39 is 8.07 Å². The zero-order chi connectivity index (χ0) is 30.3. The molecule has 0 aliphatic carbocycles. The van der Waals surface area contributed by atoms with Gasteiger partial charge in [0, 0.05) is 37.9 Å². The number of pyridine rings is 2. The van der Waals surface area contributed by atoms with Gasteiger partial charge in [-0.05, 0) is 46.1 Å². The third kappa shape index (κ3) is 9.16. The molecule has 5 rings (SSSR count). The molecule has 43 heavy (non-hydrogen) atoms. The van der Waals surface area contributed by atoms with Gasteiger partial charge in [-0.15, -0.1) is 71.3 Å². The maximum atomic E-state index is 4.69. The summed E-state index contributed by atoms with van der Waals surface area (Å²) >= 11 is 0. The van der Waals surface area contributed by atoms with E-state index in [-0.39, 0.29) is 25.5 Å². The van der Waals surface area contributed by atoms with Gasteiger partial charge in [-0.25, -0.2) is 0 Å². The van der Waals surface area contributed by atoms with E-state index in [9.17, 15) is 0 Å². The first kappa shape index (κ1) is 34.3. The second kappa shape index (κ2) is 15.0. The second-order valence-corrected chi connectivity index (χ2v) is 18.1. The first-order valence-corrected chi connectivity index (χ1v) is 18.4. The largest absolute Gasteiger partial charge is 0.305 e. The third-order valence-corrected chi connectivity index (χ3v) is 9.70. The molecule has 0 saturated carbocycles. The third-order valence-electron chi connectivity index (χ3n) is 7.63. The minimum atomic E-state index is -1.34. The number of nitrogens with zero attached hydrogens (tertiary/aromatic N) is 2. The van der Waals surface area contributed by atoms with Crippen LogP contribution in [0.3, 0.4) is 0 Å². The molecule has 0 saturated heterocycles. The maximum absolute atomic E-state index is 4.69. The topological polar surface area (TPSA) is 25.8 Å². The minimum Gasteiger partial charge on any atom is -0.305 e. The van der Waals surface area contributed by atoms with Gasteiger partial charge in [-0.3, -0.25) is 0 Å². The Labute approximate surface area is 274 Å². The van der Waals surface area contributed by atoms with Gasteiger partial charge in [-0.1, -0.05) is 102 Å². The Hall–Kier alpha value is -3.17. The number of hydrogen-bond donors (Lipinski definition) is 0. The van der Waals surface area contributed by atoms with Gasteiger partial charge in [0.25, 0.3) is 0 Å². The van der Waals surface area contributed by atoms with Gasteiger partial charge >= 0.3 is 0 Å². The summed E-state index contributed by atoms with van der Waals surface area (Å²) in [4.78, 5) is 9.20. The van der Waals surface area contributed by atoms with E-state index in [2.05, 4.69) is 149 Å². The summed E-state index contributed by atoms with van der Waals surface area (Å²) in [5, 5.41) is 1.49. The molecule has 0 fully saturated rings. The van der Waals surface area contributed by atoms with E-state index in [0.717, 1.165) is 28.9 Å². The van der Waals surface area contributed by atoms with Gasteiger partial charge in [0.05, 0.1) is 8.07 Å². The van der Waals surface area contributed by atoms with Crippen molar-refractivity contribution < 1.29 is 20.1 Å². The molecular formula is C39H44IrN2Si-2. The van der Waals surface area contributed by atoms with Gasteiger partial charge in [0.2, 0.25) is 0 Å². The summed E-state index contributed by atoms with van der Waals surface area (Å²) in [6.45, 7) is 18.3. The summed E-state index contributed by atoms with van der Waals surface area (Å²) in [5.41, 5.74) is 9.34. The van der Waals surface area contributed by atoms with Crippen molar-refractivity contribution in [1.29, 1.82) is 0 Å². The molecule has 0 unspecified atom stereocenters. The second-order valence-electron chi connectivity index (χ2n) is 13.1. The molecule has 0 bridgehead atoms. The summed E-state index contributed by atoms with van der Waals surface area (Å²) < 4.78 is 0. The first-order valence-electron chi connectivity index (χ1n) is 14.9. The molecule has 4 heteroatoms. The van der Waals surface area contributed by atoms with Crippen molar-refractivity contribution in [2.24, 2.45) is 5.92 Å². The molecule has 225 valence electrons. The monoisotopic (exact) mass is 761 g/mol. The average molecular weight is 761 g/mol. The summed E-state index contributed by atoms with van der Waals surface area (Å²) in [6, 6.07) is 38.0. The Morgan fingerprint density at radius 2 is 1.44 bits per heavy atom. The predicted molar refractivity (Wildman–Crippen MR) is 182 cm³/mol. The van der Waals surface area contributed by atoms with E-state index in [4.69, 9.17) is 0 Å². The van der Waals surface area contributed by atoms with Crippen LogP contribution in [-0.4, -0.2) is 18.0 Å². The summed E-state index contributed by atoms with van der Waals surface area (Å²) in [5.74, 6) is 0.667. The quantitative estimate of drug-likeness (QED) is 0.122. The van der Waals surface area contributed by atoms with Crippen molar-refractivity contribution in [1.82, 2.24) is 9.97 Å². The van der Waals surface area contributed by atoms with E-state index in [1.165, 1.54) is 27.4 Å². The van der Waals surface area contributed by atoms with Gasteiger partial charge < -0.3 is 9.97 Å². The number of benzene rings is 3. The fourth-order valence-corrected chi connectivity index (χ4v) is 6.72. The van der Waals surface area contributed by atoms with Crippen molar-refractivity contribution in [3.8, 4) is 22.5 Å².